The number of benzene rings is 1. The van der Waals surface area contributed by atoms with E-state index in [-0.39, 0.29) is 17.9 Å². The normalized spacial score (nSPS) is 19.7. The van der Waals surface area contributed by atoms with Gasteiger partial charge in [0.15, 0.2) is 5.78 Å². The van der Waals surface area contributed by atoms with E-state index in [1.807, 2.05) is 31.2 Å². The van der Waals surface area contributed by atoms with Gasteiger partial charge in [0.1, 0.15) is 0 Å². The first-order chi connectivity index (χ1) is 8.58. The number of hydrogen-bond donors (Lipinski definition) is 1. The van der Waals surface area contributed by atoms with Gasteiger partial charge in [-0.2, -0.15) is 0 Å². The molecule has 1 aliphatic rings. The Hall–Kier alpha value is -0.710. The summed E-state index contributed by atoms with van der Waals surface area (Å²) in [5.41, 5.74) is 0.747. The summed E-state index contributed by atoms with van der Waals surface area (Å²) in [6, 6.07) is 7.36. The van der Waals surface area contributed by atoms with E-state index >= 15 is 0 Å². The zero-order valence-electron chi connectivity index (χ0n) is 10.5. The summed E-state index contributed by atoms with van der Waals surface area (Å²) >= 11 is 3.37. The number of carbonyl (C=O) groups is 1. The van der Waals surface area contributed by atoms with Crippen LogP contribution >= 0.6 is 15.9 Å². The molecule has 3 nitrogen and oxygen atoms in total. The Labute approximate surface area is 116 Å². The number of hydrogen-bond acceptors (Lipinski definition) is 3. The molecule has 1 aromatic rings. The van der Waals surface area contributed by atoms with Crippen molar-refractivity contribution in [1.29, 1.82) is 0 Å². The minimum absolute atomic E-state index is 0.112. The SMILES string of the molecule is CC(C(=O)c1ccc(Br)cc1)N1CCC(O)CC1. The van der Waals surface area contributed by atoms with Crippen LogP contribution in [0.15, 0.2) is 28.7 Å². The van der Waals surface area contributed by atoms with Gasteiger partial charge in [-0.1, -0.05) is 28.1 Å². The lowest BCUT2D eigenvalue weighted by Crippen LogP contribution is -2.45. The standard InChI is InChI=1S/C14H18BrNO2/c1-10(16-8-6-13(17)7-9-16)14(18)11-2-4-12(15)5-3-11/h2-5,10,13,17H,6-9H2,1H3. The van der Waals surface area contributed by atoms with Crippen LogP contribution in [0.4, 0.5) is 0 Å². The molecule has 0 amide bonds. The molecule has 0 saturated carbocycles. The zero-order valence-corrected chi connectivity index (χ0v) is 12.1. The minimum Gasteiger partial charge on any atom is -0.393 e. The average molecular weight is 312 g/mol. The van der Waals surface area contributed by atoms with Gasteiger partial charge in [0.2, 0.25) is 0 Å². The Balaban J connectivity index is 2.02. The Morgan fingerprint density at radius 3 is 2.44 bits per heavy atom. The lowest BCUT2D eigenvalue weighted by Gasteiger charge is -2.33. The second-order valence-electron chi connectivity index (χ2n) is 4.81. The molecule has 0 aliphatic carbocycles. The fourth-order valence-corrected chi connectivity index (χ4v) is 2.56. The van der Waals surface area contributed by atoms with Crippen LogP contribution < -0.4 is 0 Å². The third-order valence-corrected chi connectivity index (χ3v) is 4.08. The Morgan fingerprint density at radius 2 is 1.89 bits per heavy atom. The van der Waals surface area contributed by atoms with Gasteiger partial charge in [0, 0.05) is 23.1 Å². The number of halogens is 1. The van der Waals surface area contributed by atoms with Gasteiger partial charge in [-0.15, -0.1) is 0 Å². The first-order valence-electron chi connectivity index (χ1n) is 6.30. The number of nitrogens with zero attached hydrogens (tertiary/aromatic N) is 1. The van der Waals surface area contributed by atoms with E-state index in [1.165, 1.54) is 0 Å². The highest BCUT2D eigenvalue weighted by molar-refractivity contribution is 9.10. The molecule has 1 atom stereocenters. The molecule has 1 fully saturated rings. The van der Waals surface area contributed by atoms with Crippen LogP contribution in [0.25, 0.3) is 0 Å². The molecule has 1 unspecified atom stereocenters. The summed E-state index contributed by atoms with van der Waals surface area (Å²) in [7, 11) is 0. The van der Waals surface area contributed by atoms with Crippen LogP contribution in [0.1, 0.15) is 30.1 Å². The van der Waals surface area contributed by atoms with E-state index in [4.69, 9.17) is 0 Å². The second kappa shape index (κ2) is 5.95. The number of rotatable bonds is 3. The maximum atomic E-state index is 12.3. The van der Waals surface area contributed by atoms with Gasteiger partial charge in [0.25, 0.3) is 0 Å². The first-order valence-corrected chi connectivity index (χ1v) is 7.09. The Kier molecular flexibility index (Phi) is 4.54. The van der Waals surface area contributed by atoms with Crippen LogP contribution in [-0.4, -0.2) is 41.0 Å². The summed E-state index contributed by atoms with van der Waals surface area (Å²) in [5, 5.41) is 9.48. The lowest BCUT2D eigenvalue weighted by atomic mass is 10.0. The molecular weight excluding hydrogens is 294 g/mol. The molecule has 0 spiro atoms. The number of piperidine rings is 1. The van der Waals surface area contributed by atoms with Crippen LogP contribution in [0.3, 0.4) is 0 Å². The van der Waals surface area contributed by atoms with Gasteiger partial charge in [-0.05, 0) is 31.9 Å². The highest BCUT2D eigenvalue weighted by atomic mass is 79.9. The lowest BCUT2D eigenvalue weighted by molar-refractivity contribution is 0.0549. The van der Waals surface area contributed by atoms with Crippen LogP contribution in [0, 0.1) is 0 Å². The topological polar surface area (TPSA) is 40.5 Å². The zero-order chi connectivity index (χ0) is 13.1. The van der Waals surface area contributed by atoms with Crippen molar-refractivity contribution in [3.8, 4) is 0 Å². The number of aliphatic hydroxyl groups is 1. The van der Waals surface area contributed by atoms with Gasteiger partial charge in [-0.25, -0.2) is 0 Å². The molecule has 1 saturated heterocycles. The maximum Gasteiger partial charge on any atom is 0.179 e. The maximum absolute atomic E-state index is 12.3. The fraction of sp³-hybridized carbons (Fsp3) is 0.500. The van der Waals surface area contributed by atoms with E-state index in [0.29, 0.717) is 0 Å². The Bertz CT molecular complexity index is 410. The predicted octanol–water partition coefficient (Wildman–Crippen LogP) is 2.48. The second-order valence-corrected chi connectivity index (χ2v) is 5.73. The molecule has 1 heterocycles. The largest absolute Gasteiger partial charge is 0.393 e. The van der Waals surface area contributed by atoms with Crippen LogP contribution in [0.5, 0.6) is 0 Å². The molecule has 2 rings (SSSR count). The third kappa shape index (κ3) is 3.19. The quantitative estimate of drug-likeness (QED) is 0.872. The van der Waals surface area contributed by atoms with Crippen molar-refractivity contribution >= 4 is 21.7 Å². The summed E-state index contributed by atoms with van der Waals surface area (Å²) in [6.07, 6.45) is 1.33. The molecule has 1 aliphatic heterocycles. The van der Waals surface area contributed by atoms with Crippen molar-refractivity contribution in [2.75, 3.05) is 13.1 Å². The van der Waals surface area contributed by atoms with Crippen molar-refractivity contribution in [1.82, 2.24) is 4.90 Å². The third-order valence-electron chi connectivity index (χ3n) is 3.55. The summed E-state index contributed by atoms with van der Waals surface area (Å²) < 4.78 is 0.979. The van der Waals surface area contributed by atoms with E-state index < -0.39 is 0 Å². The summed E-state index contributed by atoms with van der Waals surface area (Å²) in [5.74, 6) is 0.152. The fourth-order valence-electron chi connectivity index (χ4n) is 2.29. The van der Waals surface area contributed by atoms with Gasteiger partial charge in [-0.3, -0.25) is 9.69 Å². The van der Waals surface area contributed by atoms with E-state index in [2.05, 4.69) is 20.8 Å². The number of Topliss-reactive ketones (excluding diaryl/α,β-unsaturated/α-hetero) is 1. The van der Waals surface area contributed by atoms with Crippen molar-refractivity contribution in [2.45, 2.75) is 31.9 Å². The molecule has 4 heteroatoms. The molecule has 0 aromatic heterocycles. The Morgan fingerprint density at radius 1 is 1.33 bits per heavy atom. The highest BCUT2D eigenvalue weighted by Gasteiger charge is 2.26. The average Bonchev–Trinajstić information content (AvgIpc) is 2.39. The molecule has 18 heavy (non-hydrogen) atoms. The molecule has 0 bridgehead atoms. The molecule has 98 valence electrons. The number of carbonyl (C=O) groups excluding carboxylic acids is 1. The first kappa shape index (κ1) is 13.7. The monoisotopic (exact) mass is 311 g/mol. The minimum atomic E-state index is -0.198. The smallest absolute Gasteiger partial charge is 0.179 e. The predicted molar refractivity (Wildman–Crippen MR) is 74.7 cm³/mol. The summed E-state index contributed by atoms with van der Waals surface area (Å²) in [4.78, 5) is 14.5. The van der Waals surface area contributed by atoms with Crippen molar-refractivity contribution in [3.63, 3.8) is 0 Å². The van der Waals surface area contributed by atoms with Crippen molar-refractivity contribution < 1.29 is 9.90 Å². The van der Waals surface area contributed by atoms with Gasteiger partial charge >= 0.3 is 0 Å². The van der Waals surface area contributed by atoms with Gasteiger partial charge in [0.05, 0.1) is 12.1 Å². The number of ketones is 1. The van der Waals surface area contributed by atoms with Crippen LogP contribution in [-0.2, 0) is 0 Å². The van der Waals surface area contributed by atoms with Crippen molar-refractivity contribution in [2.24, 2.45) is 0 Å². The summed E-state index contributed by atoms with van der Waals surface area (Å²) in [6.45, 7) is 3.54. The molecule has 0 radical (unpaired) electrons. The highest BCUT2D eigenvalue weighted by Crippen LogP contribution is 2.17. The van der Waals surface area contributed by atoms with E-state index in [1.54, 1.807) is 0 Å². The molecular formula is C14H18BrNO2. The van der Waals surface area contributed by atoms with E-state index in [9.17, 15) is 9.90 Å². The molecule has 1 aromatic carbocycles. The number of likely N-dealkylation sites (tertiary alicyclic amines) is 1. The van der Waals surface area contributed by atoms with Gasteiger partial charge < -0.3 is 5.11 Å². The van der Waals surface area contributed by atoms with Crippen molar-refractivity contribution in [3.05, 3.63) is 34.3 Å². The molecule has 1 N–H and O–H groups in total. The van der Waals surface area contributed by atoms with Crippen LogP contribution in [0.2, 0.25) is 0 Å². The number of aliphatic hydroxyl groups excluding tert-OH is 1. The van der Waals surface area contributed by atoms with E-state index in [0.717, 1.165) is 36.0 Å².